The van der Waals surface area contributed by atoms with Crippen LogP contribution in [0.4, 0.5) is 0 Å². The molecule has 1 aliphatic carbocycles. The standard InChI is InChI=1S/C11H19NO3/c1-11(9-4-2-3-5-9)8-10(14)12(15-11)6-7-13/h9,13H,2-8H2,1H3. The van der Waals surface area contributed by atoms with Crippen molar-refractivity contribution in [1.82, 2.24) is 5.06 Å². The monoisotopic (exact) mass is 213 g/mol. The van der Waals surface area contributed by atoms with Crippen LogP contribution < -0.4 is 0 Å². The van der Waals surface area contributed by atoms with Crippen LogP contribution in [0.5, 0.6) is 0 Å². The first kappa shape index (κ1) is 10.9. The van der Waals surface area contributed by atoms with Crippen molar-refractivity contribution in [2.45, 2.75) is 44.6 Å². The molecule has 4 heteroatoms. The lowest BCUT2D eigenvalue weighted by Gasteiger charge is -2.29. The fourth-order valence-electron chi connectivity index (χ4n) is 2.74. The Balaban J connectivity index is 2.01. The second-order valence-corrected chi connectivity index (χ2v) is 4.78. The Kier molecular flexibility index (Phi) is 2.98. The zero-order chi connectivity index (χ0) is 10.9. The molecule has 0 spiro atoms. The fourth-order valence-corrected chi connectivity index (χ4v) is 2.74. The smallest absolute Gasteiger partial charge is 0.249 e. The molecular weight excluding hydrogens is 194 g/mol. The Hall–Kier alpha value is -0.610. The van der Waals surface area contributed by atoms with Crippen LogP contribution >= 0.6 is 0 Å². The average Bonchev–Trinajstić information content (AvgIpc) is 2.77. The first-order valence-corrected chi connectivity index (χ1v) is 5.76. The summed E-state index contributed by atoms with van der Waals surface area (Å²) in [6, 6.07) is 0. The molecule has 0 radical (unpaired) electrons. The molecule has 1 aliphatic heterocycles. The van der Waals surface area contributed by atoms with Crippen molar-refractivity contribution in [3.05, 3.63) is 0 Å². The molecule has 1 amide bonds. The molecule has 0 aromatic heterocycles. The van der Waals surface area contributed by atoms with Crippen molar-refractivity contribution in [3.8, 4) is 0 Å². The van der Waals surface area contributed by atoms with Gasteiger partial charge in [-0.2, -0.15) is 0 Å². The van der Waals surface area contributed by atoms with E-state index in [1.807, 2.05) is 6.92 Å². The molecular formula is C11H19NO3. The number of hydrogen-bond donors (Lipinski definition) is 1. The molecule has 1 heterocycles. The Morgan fingerprint density at radius 1 is 1.53 bits per heavy atom. The van der Waals surface area contributed by atoms with Crippen LogP contribution in [0.25, 0.3) is 0 Å². The SMILES string of the molecule is CC1(C2CCCC2)CC(=O)N(CCO)O1. The summed E-state index contributed by atoms with van der Waals surface area (Å²) in [6.45, 7) is 2.28. The largest absolute Gasteiger partial charge is 0.394 e. The van der Waals surface area contributed by atoms with Crippen LogP contribution in [0, 0.1) is 5.92 Å². The normalized spacial score (nSPS) is 32.9. The average molecular weight is 213 g/mol. The van der Waals surface area contributed by atoms with Gasteiger partial charge in [-0.1, -0.05) is 12.8 Å². The minimum atomic E-state index is -0.317. The molecule has 0 aromatic carbocycles. The second-order valence-electron chi connectivity index (χ2n) is 4.78. The number of amides is 1. The Morgan fingerprint density at radius 2 is 2.20 bits per heavy atom. The highest BCUT2D eigenvalue weighted by molar-refractivity contribution is 5.78. The van der Waals surface area contributed by atoms with Crippen molar-refractivity contribution in [2.24, 2.45) is 5.92 Å². The minimum Gasteiger partial charge on any atom is -0.394 e. The third kappa shape index (κ3) is 2.01. The molecule has 4 nitrogen and oxygen atoms in total. The maximum Gasteiger partial charge on any atom is 0.249 e. The third-order valence-electron chi connectivity index (χ3n) is 3.62. The maximum atomic E-state index is 11.6. The van der Waals surface area contributed by atoms with Crippen molar-refractivity contribution >= 4 is 5.91 Å². The second kappa shape index (κ2) is 4.10. The summed E-state index contributed by atoms with van der Waals surface area (Å²) in [4.78, 5) is 17.3. The lowest BCUT2D eigenvalue weighted by Crippen LogP contribution is -2.35. The van der Waals surface area contributed by atoms with Crippen LogP contribution in [0.15, 0.2) is 0 Å². The van der Waals surface area contributed by atoms with Crippen LogP contribution in [0.2, 0.25) is 0 Å². The Labute approximate surface area is 90.2 Å². The van der Waals surface area contributed by atoms with Crippen molar-refractivity contribution in [3.63, 3.8) is 0 Å². The van der Waals surface area contributed by atoms with Gasteiger partial charge < -0.3 is 5.11 Å². The molecule has 1 saturated heterocycles. The summed E-state index contributed by atoms with van der Waals surface area (Å²) in [5, 5.41) is 10.1. The van der Waals surface area contributed by atoms with Crippen LogP contribution in [0.3, 0.4) is 0 Å². The maximum absolute atomic E-state index is 11.6. The molecule has 0 bridgehead atoms. The van der Waals surface area contributed by atoms with Gasteiger partial charge in [0.1, 0.15) is 5.60 Å². The quantitative estimate of drug-likeness (QED) is 0.763. The lowest BCUT2D eigenvalue weighted by atomic mass is 9.85. The molecule has 2 fully saturated rings. The van der Waals surface area contributed by atoms with Gasteiger partial charge in [0.05, 0.1) is 19.6 Å². The van der Waals surface area contributed by atoms with E-state index in [0.29, 0.717) is 18.9 Å². The summed E-state index contributed by atoms with van der Waals surface area (Å²) in [5.74, 6) is 0.517. The molecule has 15 heavy (non-hydrogen) atoms. The van der Waals surface area contributed by atoms with Gasteiger partial charge in [0, 0.05) is 0 Å². The Morgan fingerprint density at radius 3 is 2.80 bits per heavy atom. The number of carbonyl (C=O) groups is 1. The van der Waals surface area contributed by atoms with Crippen molar-refractivity contribution in [2.75, 3.05) is 13.2 Å². The number of hydrogen-bond acceptors (Lipinski definition) is 3. The number of aliphatic hydroxyl groups excluding tert-OH is 1. The number of aliphatic hydroxyl groups is 1. The number of nitrogens with zero attached hydrogens (tertiary/aromatic N) is 1. The molecule has 2 rings (SSSR count). The van der Waals surface area contributed by atoms with E-state index in [4.69, 9.17) is 9.94 Å². The van der Waals surface area contributed by atoms with Gasteiger partial charge >= 0.3 is 0 Å². The summed E-state index contributed by atoms with van der Waals surface area (Å²) >= 11 is 0. The highest BCUT2D eigenvalue weighted by Crippen LogP contribution is 2.42. The predicted molar refractivity (Wildman–Crippen MR) is 54.9 cm³/mol. The summed E-state index contributed by atoms with van der Waals surface area (Å²) in [6.07, 6.45) is 5.29. The highest BCUT2D eigenvalue weighted by Gasteiger charge is 2.47. The number of rotatable bonds is 3. The summed E-state index contributed by atoms with van der Waals surface area (Å²) in [5.41, 5.74) is -0.317. The number of β-amino-alcohol motifs (C(OH)–C–C–N with tert-alkyl or cyclic N) is 1. The predicted octanol–water partition coefficient (Wildman–Crippen LogP) is 1.09. The fraction of sp³-hybridized carbons (Fsp3) is 0.909. The van der Waals surface area contributed by atoms with Crippen LogP contribution in [-0.4, -0.2) is 34.8 Å². The number of carbonyl (C=O) groups excluding carboxylic acids is 1. The molecule has 1 unspecified atom stereocenters. The van der Waals surface area contributed by atoms with Gasteiger partial charge in [0.15, 0.2) is 0 Å². The zero-order valence-corrected chi connectivity index (χ0v) is 9.24. The molecule has 1 saturated carbocycles. The van der Waals surface area contributed by atoms with Crippen molar-refractivity contribution < 1.29 is 14.7 Å². The van der Waals surface area contributed by atoms with E-state index in [-0.39, 0.29) is 18.1 Å². The van der Waals surface area contributed by atoms with E-state index < -0.39 is 0 Å². The van der Waals surface area contributed by atoms with E-state index in [9.17, 15) is 4.79 Å². The van der Waals surface area contributed by atoms with Gasteiger partial charge in [-0.15, -0.1) is 0 Å². The van der Waals surface area contributed by atoms with E-state index in [2.05, 4.69) is 0 Å². The first-order chi connectivity index (χ1) is 7.15. The van der Waals surface area contributed by atoms with E-state index in [0.717, 1.165) is 12.8 Å². The molecule has 86 valence electrons. The molecule has 1 N–H and O–H groups in total. The van der Waals surface area contributed by atoms with Gasteiger partial charge in [0.2, 0.25) is 5.91 Å². The van der Waals surface area contributed by atoms with Crippen LogP contribution in [0.1, 0.15) is 39.0 Å². The third-order valence-corrected chi connectivity index (χ3v) is 3.62. The van der Waals surface area contributed by atoms with Crippen LogP contribution in [-0.2, 0) is 9.63 Å². The lowest BCUT2D eigenvalue weighted by molar-refractivity contribution is -0.210. The van der Waals surface area contributed by atoms with Crippen molar-refractivity contribution in [1.29, 1.82) is 0 Å². The van der Waals surface area contributed by atoms with E-state index in [1.54, 1.807) is 0 Å². The van der Waals surface area contributed by atoms with Gasteiger partial charge in [-0.05, 0) is 25.7 Å². The summed E-state index contributed by atoms with van der Waals surface area (Å²) < 4.78 is 0. The molecule has 0 aromatic rings. The van der Waals surface area contributed by atoms with Gasteiger partial charge in [-0.25, -0.2) is 5.06 Å². The van der Waals surface area contributed by atoms with Gasteiger partial charge in [-0.3, -0.25) is 9.63 Å². The first-order valence-electron chi connectivity index (χ1n) is 5.76. The zero-order valence-electron chi connectivity index (χ0n) is 9.24. The molecule has 2 aliphatic rings. The summed E-state index contributed by atoms with van der Waals surface area (Å²) in [7, 11) is 0. The van der Waals surface area contributed by atoms with E-state index >= 15 is 0 Å². The van der Waals surface area contributed by atoms with Gasteiger partial charge in [0.25, 0.3) is 0 Å². The van der Waals surface area contributed by atoms with E-state index in [1.165, 1.54) is 17.9 Å². The highest BCUT2D eigenvalue weighted by atomic mass is 16.7. The number of hydroxylamine groups is 2. The molecule has 1 atom stereocenters. The Bertz CT molecular complexity index is 250. The minimum absolute atomic E-state index is 0.0125. The topological polar surface area (TPSA) is 49.8 Å².